The van der Waals surface area contributed by atoms with Crippen molar-refractivity contribution in [3.8, 4) is 6.07 Å². The summed E-state index contributed by atoms with van der Waals surface area (Å²) in [7, 11) is 1.60. The van der Waals surface area contributed by atoms with Crippen molar-refractivity contribution in [2.75, 3.05) is 25.6 Å². The van der Waals surface area contributed by atoms with E-state index in [4.69, 9.17) is 15.1 Å². The maximum absolute atomic E-state index is 11.9. The number of ether oxygens (including phenoxy) is 1. The Morgan fingerprint density at radius 1 is 1.36 bits per heavy atom. The van der Waals surface area contributed by atoms with Gasteiger partial charge >= 0.3 is 5.97 Å². The maximum Gasteiger partial charge on any atom is 0.335 e. The summed E-state index contributed by atoms with van der Waals surface area (Å²) in [5.41, 5.74) is 0.462. The van der Waals surface area contributed by atoms with Gasteiger partial charge in [0.25, 0.3) is 5.91 Å². The summed E-state index contributed by atoms with van der Waals surface area (Å²) in [5, 5.41) is 23.1. The van der Waals surface area contributed by atoms with Crippen LogP contribution in [0.3, 0.4) is 0 Å². The highest BCUT2D eigenvalue weighted by atomic mass is 16.5. The molecule has 0 radical (unpaired) electrons. The van der Waals surface area contributed by atoms with E-state index in [9.17, 15) is 9.59 Å². The number of hydrogen-bond donors (Lipinski definition) is 3. The number of anilines is 1. The average Bonchev–Trinajstić information content (AvgIpc) is 2.51. The third-order valence-electron chi connectivity index (χ3n) is 2.67. The first-order valence-electron chi connectivity index (χ1n) is 6.55. The molecule has 0 unspecified atom stereocenters. The molecule has 1 aromatic carbocycles. The van der Waals surface area contributed by atoms with Crippen LogP contribution in [-0.4, -0.2) is 37.2 Å². The second-order valence-corrected chi connectivity index (χ2v) is 4.31. The van der Waals surface area contributed by atoms with E-state index in [0.717, 1.165) is 6.42 Å². The molecule has 22 heavy (non-hydrogen) atoms. The Bertz CT molecular complexity index is 588. The number of nitriles is 1. The number of nitrogens with one attached hydrogen (secondary N) is 2. The first kappa shape index (κ1) is 17.2. The summed E-state index contributed by atoms with van der Waals surface area (Å²) < 4.78 is 4.88. The van der Waals surface area contributed by atoms with E-state index >= 15 is 0 Å². The summed E-state index contributed by atoms with van der Waals surface area (Å²) in [6.45, 7) is 1.17. The first-order valence-corrected chi connectivity index (χ1v) is 6.55. The molecule has 0 atom stereocenters. The highest BCUT2D eigenvalue weighted by Gasteiger charge is 2.09. The van der Waals surface area contributed by atoms with Crippen LogP contribution in [0.2, 0.25) is 0 Å². The molecule has 1 rings (SSSR count). The van der Waals surface area contributed by atoms with E-state index in [-0.39, 0.29) is 11.1 Å². The molecule has 0 aliphatic heterocycles. The molecule has 0 aromatic heterocycles. The molecule has 7 heteroatoms. The molecule has 0 aliphatic rings. The number of nitrogens with zero attached hydrogens (tertiary/aromatic N) is 1. The van der Waals surface area contributed by atoms with Crippen molar-refractivity contribution in [1.29, 1.82) is 5.26 Å². The lowest BCUT2D eigenvalue weighted by atomic mass is 10.2. The van der Waals surface area contributed by atoms with E-state index in [1.807, 2.05) is 0 Å². The average molecular weight is 303 g/mol. The van der Waals surface area contributed by atoms with E-state index in [0.29, 0.717) is 18.8 Å². The highest BCUT2D eigenvalue weighted by molar-refractivity contribution is 6.06. The fourth-order valence-electron chi connectivity index (χ4n) is 1.54. The Balaban J connectivity index is 2.59. The van der Waals surface area contributed by atoms with Gasteiger partial charge in [0.05, 0.1) is 5.56 Å². The molecule has 0 aliphatic carbocycles. The molecule has 0 bridgehead atoms. The van der Waals surface area contributed by atoms with Gasteiger partial charge in [0.15, 0.2) is 0 Å². The molecule has 0 saturated carbocycles. The molecule has 116 valence electrons. The van der Waals surface area contributed by atoms with Crippen LogP contribution in [0.1, 0.15) is 16.8 Å². The molecule has 0 fully saturated rings. The van der Waals surface area contributed by atoms with Crippen LogP contribution in [0.15, 0.2) is 36.0 Å². The van der Waals surface area contributed by atoms with Gasteiger partial charge in [-0.15, -0.1) is 0 Å². The summed E-state index contributed by atoms with van der Waals surface area (Å²) in [6, 6.07) is 7.47. The van der Waals surface area contributed by atoms with Crippen LogP contribution in [0.25, 0.3) is 0 Å². The number of methoxy groups -OCH3 is 1. The largest absolute Gasteiger partial charge is 0.478 e. The Morgan fingerprint density at radius 2 is 2.05 bits per heavy atom. The number of hydrogen-bond acceptors (Lipinski definition) is 5. The predicted octanol–water partition coefficient (Wildman–Crippen LogP) is 1.36. The van der Waals surface area contributed by atoms with Crippen LogP contribution >= 0.6 is 0 Å². The summed E-state index contributed by atoms with van der Waals surface area (Å²) >= 11 is 0. The summed E-state index contributed by atoms with van der Waals surface area (Å²) in [5.74, 6) is -1.61. The quantitative estimate of drug-likeness (QED) is 0.380. The number of carboxylic acid groups (broad SMARTS) is 1. The van der Waals surface area contributed by atoms with Crippen molar-refractivity contribution >= 4 is 17.6 Å². The molecule has 0 saturated heterocycles. The Morgan fingerprint density at radius 3 is 2.59 bits per heavy atom. The molecule has 1 amide bonds. The minimum absolute atomic E-state index is 0.0697. The van der Waals surface area contributed by atoms with Crippen LogP contribution < -0.4 is 10.6 Å². The van der Waals surface area contributed by atoms with Gasteiger partial charge in [0, 0.05) is 32.1 Å². The van der Waals surface area contributed by atoms with Crippen LogP contribution in [0.4, 0.5) is 5.69 Å². The van der Waals surface area contributed by atoms with Crippen LogP contribution in [-0.2, 0) is 9.53 Å². The Kier molecular flexibility index (Phi) is 7.16. The highest BCUT2D eigenvalue weighted by Crippen LogP contribution is 2.10. The number of carbonyl (C=O) groups excluding carboxylic acids is 1. The van der Waals surface area contributed by atoms with Crippen molar-refractivity contribution in [2.24, 2.45) is 0 Å². The van der Waals surface area contributed by atoms with Gasteiger partial charge in [-0.3, -0.25) is 4.79 Å². The van der Waals surface area contributed by atoms with E-state index in [1.54, 1.807) is 13.2 Å². The summed E-state index contributed by atoms with van der Waals surface area (Å²) in [4.78, 5) is 22.6. The topological polar surface area (TPSA) is 111 Å². The lowest BCUT2D eigenvalue weighted by Crippen LogP contribution is -2.17. The molecule has 0 heterocycles. The zero-order valence-electron chi connectivity index (χ0n) is 12.1. The van der Waals surface area contributed by atoms with Crippen molar-refractivity contribution in [3.63, 3.8) is 0 Å². The molecule has 3 N–H and O–H groups in total. The second-order valence-electron chi connectivity index (χ2n) is 4.31. The predicted molar refractivity (Wildman–Crippen MR) is 80.2 cm³/mol. The van der Waals surface area contributed by atoms with Gasteiger partial charge in [0.1, 0.15) is 11.6 Å². The van der Waals surface area contributed by atoms with E-state index in [2.05, 4.69) is 10.6 Å². The lowest BCUT2D eigenvalue weighted by Gasteiger charge is -2.05. The molecule has 1 aromatic rings. The van der Waals surface area contributed by atoms with E-state index in [1.165, 1.54) is 30.5 Å². The normalized spacial score (nSPS) is 10.6. The smallest absolute Gasteiger partial charge is 0.335 e. The van der Waals surface area contributed by atoms with Crippen molar-refractivity contribution in [2.45, 2.75) is 6.42 Å². The Labute approximate surface area is 128 Å². The van der Waals surface area contributed by atoms with Gasteiger partial charge in [-0.25, -0.2) is 4.79 Å². The molecular weight excluding hydrogens is 286 g/mol. The third kappa shape index (κ3) is 5.64. The second kappa shape index (κ2) is 9.15. The zero-order valence-corrected chi connectivity index (χ0v) is 12.1. The number of benzene rings is 1. The Hall–Kier alpha value is -2.85. The fourth-order valence-corrected chi connectivity index (χ4v) is 1.54. The molecule has 0 spiro atoms. The lowest BCUT2D eigenvalue weighted by molar-refractivity contribution is -0.112. The van der Waals surface area contributed by atoms with Gasteiger partial charge < -0.3 is 20.5 Å². The zero-order chi connectivity index (χ0) is 16.4. The van der Waals surface area contributed by atoms with Gasteiger partial charge in [-0.1, -0.05) is 0 Å². The van der Waals surface area contributed by atoms with Gasteiger partial charge in [-0.2, -0.15) is 5.26 Å². The number of amides is 1. The SMILES string of the molecule is COCCCN/C=C(/C#N)C(=O)Nc1ccc(C(=O)O)cc1. The standard InChI is InChI=1S/C15H17N3O4/c1-22-8-2-7-17-10-12(9-16)14(19)18-13-5-3-11(4-6-13)15(20)21/h3-6,10,17H,2,7-8H2,1H3,(H,18,19)(H,20,21)/b12-10-. The van der Waals surface area contributed by atoms with E-state index < -0.39 is 11.9 Å². The van der Waals surface area contributed by atoms with Crippen molar-refractivity contribution in [3.05, 3.63) is 41.6 Å². The number of aromatic carboxylic acids is 1. The molecule has 7 nitrogen and oxygen atoms in total. The summed E-state index contributed by atoms with van der Waals surface area (Å²) in [6.07, 6.45) is 2.10. The van der Waals surface area contributed by atoms with Gasteiger partial charge in [-0.05, 0) is 30.7 Å². The van der Waals surface area contributed by atoms with Crippen molar-refractivity contribution in [1.82, 2.24) is 5.32 Å². The number of rotatable bonds is 8. The third-order valence-corrected chi connectivity index (χ3v) is 2.67. The maximum atomic E-state index is 11.9. The first-order chi connectivity index (χ1) is 10.6. The van der Waals surface area contributed by atoms with Crippen molar-refractivity contribution < 1.29 is 19.4 Å². The van der Waals surface area contributed by atoms with Gasteiger partial charge in [0.2, 0.25) is 0 Å². The number of carbonyl (C=O) groups is 2. The van der Waals surface area contributed by atoms with Crippen LogP contribution in [0, 0.1) is 11.3 Å². The monoisotopic (exact) mass is 303 g/mol. The minimum atomic E-state index is -1.05. The fraction of sp³-hybridized carbons (Fsp3) is 0.267. The minimum Gasteiger partial charge on any atom is -0.478 e. The van der Waals surface area contributed by atoms with Crippen LogP contribution in [0.5, 0.6) is 0 Å². The number of carboxylic acids is 1. The molecular formula is C15H17N3O4.